The number of halogens is 1. The number of primary sulfonamides is 1. The normalized spacial score (nSPS) is 11.3. The minimum Gasteiger partial charge on any atom is -0.381 e. The Morgan fingerprint density at radius 2 is 2.05 bits per heavy atom. The number of anilines is 3. The Labute approximate surface area is 108 Å². The van der Waals surface area contributed by atoms with E-state index in [0.717, 1.165) is 6.20 Å². The number of benzene rings is 1. The zero-order valence-corrected chi connectivity index (χ0v) is 10.4. The molecule has 2 aromatic rings. The van der Waals surface area contributed by atoms with Crippen LogP contribution in [-0.2, 0) is 10.0 Å². The van der Waals surface area contributed by atoms with Crippen molar-refractivity contribution in [2.45, 2.75) is 4.90 Å². The van der Waals surface area contributed by atoms with Crippen molar-refractivity contribution in [2.24, 2.45) is 5.14 Å². The lowest BCUT2D eigenvalue weighted by molar-refractivity contribution is 0.598. The molecule has 0 saturated heterocycles. The Hall–Kier alpha value is -2.26. The van der Waals surface area contributed by atoms with Gasteiger partial charge in [0.05, 0.1) is 11.1 Å². The molecule has 100 valence electrons. The highest BCUT2D eigenvalue weighted by atomic mass is 32.2. The molecule has 1 aromatic carbocycles. The third kappa shape index (κ3) is 3.14. The molecule has 0 amide bonds. The van der Waals surface area contributed by atoms with Crippen LogP contribution in [0.2, 0.25) is 0 Å². The second-order valence-electron chi connectivity index (χ2n) is 3.62. The second kappa shape index (κ2) is 4.78. The summed E-state index contributed by atoms with van der Waals surface area (Å²) in [5, 5.41) is 7.70. The minimum absolute atomic E-state index is 0.0467. The Bertz CT molecular complexity index is 720. The van der Waals surface area contributed by atoms with Gasteiger partial charge in [-0.05, 0) is 18.2 Å². The van der Waals surface area contributed by atoms with Crippen molar-refractivity contribution >= 4 is 27.5 Å². The average molecular weight is 283 g/mol. The summed E-state index contributed by atoms with van der Waals surface area (Å²) in [6, 6.07) is 5.73. The molecule has 5 N–H and O–H groups in total. The zero-order valence-electron chi connectivity index (χ0n) is 9.54. The van der Waals surface area contributed by atoms with Gasteiger partial charge < -0.3 is 11.1 Å². The topological polar surface area (TPSA) is 124 Å². The molecular weight excluding hydrogens is 273 g/mol. The van der Waals surface area contributed by atoms with Crippen LogP contribution in [0, 0.1) is 5.82 Å². The molecular formula is C10H10FN5O2S. The number of rotatable bonds is 3. The van der Waals surface area contributed by atoms with E-state index in [4.69, 9.17) is 10.9 Å². The monoisotopic (exact) mass is 283 g/mol. The molecule has 0 aliphatic heterocycles. The first-order valence-electron chi connectivity index (χ1n) is 5.04. The maximum absolute atomic E-state index is 12.9. The Morgan fingerprint density at radius 3 is 2.68 bits per heavy atom. The van der Waals surface area contributed by atoms with E-state index in [1.165, 1.54) is 18.2 Å². The maximum Gasteiger partial charge on any atom is 0.238 e. The van der Waals surface area contributed by atoms with E-state index in [-0.39, 0.29) is 16.7 Å². The molecule has 1 heterocycles. The van der Waals surface area contributed by atoms with Crippen molar-refractivity contribution in [3.8, 4) is 0 Å². The second-order valence-corrected chi connectivity index (χ2v) is 5.19. The van der Waals surface area contributed by atoms with Crippen molar-refractivity contribution in [2.75, 3.05) is 11.1 Å². The molecule has 2 rings (SSSR count). The SMILES string of the molecule is Nc1nc(Nc2cccc(S(N)(=O)=O)c2)ncc1F. The summed E-state index contributed by atoms with van der Waals surface area (Å²) in [4.78, 5) is 7.27. The van der Waals surface area contributed by atoms with Gasteiger partial charge in [0, 0.05) is 5.69 Å². The van der Waals surface area contributed by atoms with E-state index < -0.39 is 15.8 Å². The molecule has 1 aromatic heterocycles. The van der Waals surface area contributed by atoms with Gasteiger partial charge in [-0.1, -0.05) is 6.07 Å². The number of nitrogen functional groups attached to an aromatic ring is 1. The predicted octanol–water partition coefficient (Wildman–Crippen LogP) is 0.589. The highest BCUT2D eigenvalue weighted by Gasteiger charge is 2.09. The van der Waals surface area contributed by atoms with Crippen molar-refractivity contribution < 1.29 is 12.8 Å². The van der Waals surface area contributed by atoms with Gasteiger partial charge in [-0.15, -0.1) is 0 Å². The molecule has 0 radical (unpaired) electrons. The molecule has 0 atom stereocenters. The molecule has 19 heavy (non-hydrogen) atoms. The average Bonchev–Trinajstić information content (AvgIpc) is 2.33. The van der Waals surface area contributed by atoms with E-state index in [9.17, 15) is 12.8 Å². The van der Waals surface area contributed by atoms with Crippen LogP contribution >= 0.6 is 0 Å². The molecule has 0 aliphatic carbocycles. The standard InChI is InChI=1S/C10H10FN5O2S/c11-8-5-14-10(16-9(8)12)15-6-2-1-3-7(4-6)19(13,17)18/h1-5H,(H2,13,17,18)(H3,12,14,15,16). The number of nitrogens with two attached hydrogens (primary N) is 2. The zero-order chi connectivity index (χ0) is 14.0. The number of nitrogens with one attached hydrogen (secondary N) is 1. The summed E-state index contributed by atoms with van der Waals surface area (Å²) >= 11 is 0. The van der Waals surface area contributed by atoms with Gasteiger partial charge in [0.2, 0.25) is 16.0 Å². The lowest BCUT2D eigenvalue weighted by Gasteiger charge is -2.06. The van der Waals surface area contributed by atoms with E-state index in [0.29, 0.717) is 5.69 Å². The van der Waals surface area contributed by atoms with Crippen LogP contribution < -0.4 is 16.2 Å². The van der Waals surface area contributed by atoms with Gasteiger partial charge in [-0.25, -0.2) is 22.9 Å². The Kier molecular flexibility index (Phi) is 3.32. The molecule has 0 aliphatic rings. The van der Waals surface area contributed by atoms with Crippen molar-refractivity contribution in [1.29, 1.82) is 0 Å². The quantitative estimate of drug-likeness (QED) is 0.757. The summed E-state index contributed by atoms with van der Waals surface area (Å²) in [6.45, 7) is 0. The summed E-state index contributed by atoms with van der Waals surface area (Å²) < 4.78 is 35.3. The number of aromatic nitrogens is 2. The fraction of sp³-hybridized carbons (Fsp3) is 0. The highest BCUT2D eigenvalue weighted by molar-refractivity contribution is 7.89. The van der Waals surface area contributed by atoms with E-state index in [1.54, 1.807) is 6.07 Å². The first-order chi connectivity index (χ1) is 8.86. The van der Waals surface area contributed by atoms with Gasteiger partial charge in [0.25, 0.3) is 0 Å². The Balaban J connectivity index is 2.31. The lowest BCUT2D eigenvalue weighted by atomic mass is 10.3. The van der Waals surface area contributed by atoms with E-state index in [2.05, 4.69) is 15.3 Å². The van der Waals surface area contributed by atoms with E-state index >= 15 is 0 Å². The van der Waals surface area contributed by atoms with Crippen LogP contribution in [-0.4, -0.2) is 18.4 Å². The number of nitrogens with zero attached hydrogens (tertiary/aromatic N) is 2. The van der Waals surface area contributed by atoms with Crippen LogP contribution in [0.5, 0.6) is 0 Å². The lowest BCUT2D eigenvalue weighted by Crippen LogP contribution is -2.12. The van der Waals surface area contributed by atoms with Crippen LogP contribution in [0.1, 0.15) is 0 Å². The van der Waals surface area contributed by atoms with Gasteiger partial charge in [0.15, 0.2) is 11.6 Å². The van der Waals surface area contributed by atoms with Crippen molar-refractivity contribution in [3.63, 3.8) is 0 Å². The number of hydrogen-bond donors (Lipinski definition) is 3. The van der Waals surface area contributed by atoms with Crippen LogP contribution in [0.25, 0.3) is 0 Å². The first kappa shape index (κ1) is 13.2. The molecule has 9 heteroatoms. The third-order valence-electron chi connectivity index (χ3n) is 2.19. The first-order valence-corrected chi connectivity index (χ1v) is 6.59. The summed E-state index contributed by atoms with van der Waals surface area (Å²) in [6.07, 6.45) is 0.911. The van der Waals surface area contributed by atoms with Crippen molar-refractivity contribution in [1.82, 2.24) is 9.97 Å². The van der Waals surface area contributed by atoms with Crippen LogP contribution in [0.4, 0.5) is 21.8 Å². The van der Waals surface area contributed by atoms with Gasteiger partial charge in [-0.2, -0.15) is 4.98 Å². The summed E-state index contributed by atoms with van der Waals surface area (Å²) in [5.41, 5.74) is 5.68. The predicted molar refractivity (Wildman–Crippen MR) is 67.5 cm³/mol. The van der Waals surface area contributed by atoms with Crippen LogP contribution in [0.3, 0.4) is 0 Å². The molecule has 0 fully saturated rings. The third-order valence-corrected chi connectivity index (χ3v) is 3.10. The van der Waals surface area contributed by atoms with Crippen LogP contribution in [0.15, 0.2) is 35.4 Å². The molecule has 0 bridgehead atoms. The van der Waals surface area contributed by atoms with E-state index in [1.807, 2.05) is 0 Å². The van der Waals surface area contributed by atoms with Gasteiger partial charge >= 0.3 is 0 Å². The molecule has 7 nitrogen and oxygen atoms in total. The summed E-state index contributed by atoms with van der Waals surface area (Å²) in [7, 11) is -3.80. The molecule has 0 saturated carbocycles. The summed E-state index contributed by atoms with van der Waals surface area (Å²) in [5.74, 6) is -0.991. The number of hydrogen-bond acceptors (Lipinski definition) is 6. The fourth-order valence-corrected chi connectivity index (χ4v) is 1.88. The van der Waals surface area contributed by atoms with Gasteiger partial charge in [-0.3, -0.25) is 0 Å². The fourth-order valence-electron chi connectivity index (χ4n) is 1.32. The molecule has 0 spiro atoms. The maximum atomic E-state index is 12.9. The number of sulfonamides is 1. The highest BCUT2D eigenvalue weighted by Crippen LogP contribution is 2.18. The molecule has 0 unspecified atom stereocenters. The largest absolute Gasteiger partial charge is 0.381 e. The van der Waals surface area contributed by atoms with Crippen molar-refractivity contribution in [3.05, 3.63) is 36.3 Å². The smallest absolute Gasteiger partial charge is 0.238 e. The minimum atomic E-state index is -3.80. The van der Waals surface area contributed by atoms with Gasteiger partial charge in [0.1, 0.15) is 0 Å². The Morgan fingerprint density at radius 1 is 1.32 bits per heavy atom.